The number of ether oxygens (including phenoxy) is 1. The van der Waals surface area contributed by atoms with Gasteiger partial charge in [0.2, 0.25) is 0 Å². The zero-order valence-electron chi connectivity index (χ0n) is 12.0. The van der Waals surface area contributed by atoms with Crippen LogP contribution in [0.15, 0.2) is 42.6 Å². The van der Waals surface area contributed by atoms with Gasteiger partial charge in [-0.05, 0) is 43.7 Å². The number of amides is 1. The Morgan fingerprint density at radius 3 is 2.90 bits per heavy atom. The van der Waals surface area contributed by atoms with Gasteiger partial charge in [0, 0.05) is 6.20 Å². The van der Waals surface area contributed by atoms with E-state index in [2.05, 4.69) is 10.3 Å². The number of rotatable bonds is 5. The van der Waals surface area contributed by atoms with Crippen LogP contribution in [-0.4, -0.2) is 17.0 Å². The molecule has 1 aromatic carbocycles. The predicted octanol–water partition coefficient (Wildman–Crippen LogP) is 3.13. The van der Waals surface area contributed by atoms with E-state index in [0.29, 0.717) is 17.3 Å². The molecule has 0 radical (unpaired) electrons. The van der Waals surface area contributed by atoms with Gasteiger partial charge in [-0.1, -0.05) is 23.7 Å². The highest BCUT2D eigenvalue weighted by molar-refractivity contribution is 6.32. The van der Waals surface area contributed by atoms with Gasteiger partial charge in [0.15, 0.2) is 6.10 Å². The van der Waals surface area contributed by atoms with Gasteiger partial charge in [0.25, 0.3) is 5.91 Å². The Hall–Kier alpha value is -2.07. The molecule has 0 aliphatic rings. The summed E-state index contributed by atoms with van der Waals surface area (Å²) in [5.74, 6) is 0.301. The zero-order valence-corrected chi connectivity index (χ0v) is 12.7. The monoisotopic (exact) mass is 304 g/mol. The number of hydrogen-bond acceptors (Lipinski definition) is 3. The topological polar surface area (TPSA) is 51.2 Å². The summed E-state index contributed by atoms with van der Waals surface area (Å²) >= 11 is 6.05. The van der Waals surface area contributed by atoms with Crippen molar-refractivity contribution in [3.8, 4) is 5.75 Å². The molecule has 2 aromatic rings. The number of carbonyl (C=O) groups is 1. The van der Waals surface area contributed by atoms with E-state index in [1.54, 1.807) is 19.2 Å². The molecule has 0 aliphatic heterocycles. The van der Waals surface area contributed by atoms with Crippen LogP contribution in [0.2, 0.25) is 5.02 Å². The average Bonchev–Trinajstić information content (AvgIpc) is 2.49. The van der Waals surface area contributed by atoms with Crippen molar-refractivity contribution in [2.24, 2.45) is 0 Å². The van der Waals surface area contributed by atoms with Crippen molar-refractivity contribution in [3.63, 3.8) is 0 Å². The summed E-state index contributed by atoms with van der Waals surface area (Å²) in [6.07, 6.45) is 1.06. The Labute approximate surface area is 129 Å². The second kappa shape index (κ2) is 7.09. The molecule has 2 rings (SSSR count). The molecule has 1 heterocycles. The van der Waals surface area contributed by atoms with Crippen molar-refractivity contribution in [2.75, 3.05) is 0 Å². The smallest absolute Gasteiger partial charge is 0.261 e. The summed E-state index contributed by atoms with van der Waals surface area (Å²) < 4.78 is 5.61. The van der Waals surface area contributed by atoms with Crippen LogP contribution in [0, 0.1) is 6.92 Å². The fourth-order valence-electron chi connectivity index (χ4n) is 1.77. The van der Waals surface area contributed by atoms with Crippen molar-refractivity contribution in [3.05, 3.63) is 58.9 Å². The first-order valence-electron chi connectivity index (χ1n) is 6.66. The summed E-state index contributed by atoms with van der Waals surface area (Å²) in [7, 11) is 0. The number of halogens is 1. The number of benzene rings is 1. The Kier molecular flexibility index (Phi) is 5.17. The minimum atomic E-state index is -0.631. The van der Waals surface area contributed by atoms with Crippen molar-refractivity contribution in [2.45, 2.75) is 26.5 Å². The second-order valence-corrected chi connectivity index (χ2v) is 5.14. The second-order valence-electron chi connectivity index (χ2n) is 4.73. The number of nitrogens with zero attached hydrogens (tertiary/aromatic N) is 1. The van der Waals surface area contributed by atoms with E-state index in [-0.39, 0.29) is 5.91 Å². The number of aryl methyl sites for hydroxylation is 1. The Morgan fingerprint density at radius 1 is 1.38 bits per heavy atom. The van der Waals surface area contributed by atoms with Crippen LogP contribution in [0.4, 0.5) is 0 Å². The molecule has 5 heteroatoms. The number of aromatic nitrogens is 1. The van der Waals surface area contributed by atoms with E-state index in [4.69, 9.17) is 16.3 Å². The van der Waals surface area contributed by atoms with Crippen molar-refractivity contribution in [1.29, 1.82) is 0 Å². The van der Waals surface area contributed by atoms with Crippen molar-refractivity contribution in [1.82, 2.24) is 10.3 Å². The summed E-state index contributed by atoms with van der Waals surface area (Å²) in [6, 6.07) is 11.0. The highest BCUT2D eigenvalue weighted by atomic mass is 35.5. The van der Waals surface area contributed by atoms with Crippen LogP contribution >= 0.6 is 11.6 Å². The largest absolute Gasteiger partial charge is 0.479 e. The molecule has 0 saturated carbocycles. The summed E-state index contributed by atoms with van der Waals surface area (Å²) in [4.78, 5) is 16.2. The first-order chi connectivity index (χ1) is 10.1. The van der Waals surface area contributed by atoms with Gasteiger partial charge in [-0.2, -0.15) is 0 Å². The summed E-state index contributed by atoms with van der Waals surface area (Å²) in [6.45, 7) is 4.00. The lowest BCUT2D eigenvalue weighted by Gasteiger charge is -2.16. The molecule has 4 nitrogen and oxygen atoms in total. The fourth-order valence-corrected chi connectivity index (χ4v) is 1.93. The van der Waals surface area contributed by atoms with Crippen LogP contribution in [0.25, 0.3) is 0 Å². The van der Waals surface area contributed by atoms with Crippen molar-refractivity contribution < 1.29 is 9.53 Å². The van der Waals surface area contributed by atoms with Crippen molar-refractivity contribution >= 4 is 17.5 Å². The summed E-state index contributed by atoms with van der Waals surface area (Å²) in [5, 5.41) is 3.27. The quantitative estimate of drug-likeness (QED) is 0.923. The molecule has 0 spiro atoms. The van der Waals surface area contributed by atoms with Gasteiger partial charge in [-0.15, -0.1) is 0 Å². The lowest BCUT2D eigenvalue weighted by Crippen LogP contribution is -2.36. The molecule has 0 unspecified atom stereocenters. The Morgan fingerprint density at radius 2 is 2.19 bits per heavy atom. The minimum Gasteiger partial charge on any atom is -0.479 e. The van der Waals surface area contributed by atoms with Gasteiger partial charge in [0.1, 0.15) is 5.75 Å². The van der Waals surface area contributed by atoms with Crippen LogP contribution in [0.1, 0.15) is 18.2 Å². The highest BCUT2D eigenvalue weighted by Gasteiger charge is 2.16. The maximum Gasteiger partial charge on any atom is 0.261 e. The van der Waals surface area contributed by atoms with E-state index in [0.717, 1.165) is 11.3 Å². The average molecular weight is 305 g/mol. The van der Waals surface area contributed by atoms with Gasteiger partial charge < -0.3 is 10.1 Å². The molecule has 0 fully saturated rings. The molecule has 21 heavy (non-hydrogen) atoms. The lowest BCUT2D eigenvalue weighted by molar-refractivity contribution is -0.127. The molecule has 110 valence electrons. The standard InChI is InChI=1S/C16H17ClN2O2/c1-11-6-7-14(17)15(9-11)21-12(2)16(20)19-10-13-5-3-4-8-18-13/h3-9,12H,10H2,1-2H3,(H,19,20)/t12-/m1/s1. The van der Waals surface area contributed by atoms with Gasteiger partial charge >= 0.3 is 0 Å². The zero-order chi connectivity index (χ0) is 15.2. The number of nitrogens with one attached hydrogen (secondary N) is 1. The molecule has 0 bridgehead atoms. The molecular formula is C16H17ClN2O2. The Balaban J connectivity index is 1.92. The molecule has 0 saturated heterocycles. The van der Waals surface area contributed by atoms with Crippen LogP contribution in [-0.2, 0) is 11.3 Å². The third kappa shape index (κ3) is 4.46. The first kappa shape index (κ1) is 15.3. The molecule has 1 aromatic heterocycles. The number of pyridine rings is 1. The molecular weight excluding hydrogens is 288 g/mol. The SMILES string of the molecule is Cc1ccc(Cl)c(O[C@H](C)C(=O)NCc2ccccn2)c1. The van der Waals surface area contributed by atoms with Gasteiger partial charge in [-0.3, -0.25) is 9.78 Å². The van der Waals surface area contributed by atoms with Gasteiger partial charge in [0.05, 0.1) is 17.3 Å². The fraction of sp³-hybridized carbons (Fsp3) is 0.250. The van der Waals surface area contributed by atoms with Crippen LogP contribution in [0.5, 0.6) is 5.75 Å². The van der Waals surface area contributed by atoms with E-state index >= 15 is 0 Å². The Bertz CT molecular complexity index is 617. The van der Waals surface area contributed by atoms with E-state index in [1.165, 1.54) is 0 Å². The van der Waals surface area contributed by atoms with E-state index in [1.807, 2.05) is 37.3 Å². The lowest BCUT2D eigenvalue weighted by atomic mass is 10.2. The molecule has 0 aliphatic carbocycles. The van der Waals surface area contributed by atoms with Crippen LogP contribution < -0.4 is 10.1 Å². The number of hydrogen-bond donors (Lipinski definition) is 1. The minimum absolute atomic E-state index is 0.210. The number of carbonyl (C=O) groups excluding carboxylic acids is 1. The summed E-state index contributed by atoms with van der Waals surface area (Å²) in [5.41, 5.74) is 1.82. The third-order valence-corrected chi connectivity index (χ3v) is 3.24. The maximum atomic E-state index is 12.0. The third-order valence-electron chi connectivity index (χ3n) is 2.93. The molecule has 1 N–H and O–H groups in total. The maximum absolute atomic E-state index is 12.0. The van der Waals surface area contributed by atoms with E-state index in [9.17, 15) is 4.79 Å². The molecule has 1 amide bonds. The van der Waals surface area contributed by atoms with Crippen LogP contribution in [0.3, 0.4) is 0 Å². The van der Waals surface area contributed by atoms with E-state index < -0.39 is 6.10 Å². The first-order valence-corrected chi connectivity index (χ1v) is 7.04. The normalized spacial score (nSPS) is 11.8. The predicted molar refractivity (Wildman–Crippen MR) is 82.4 cm³/mol. The molecule has 1 atom stereocenters. The van der Waals surface area contributed by atoms with Gasteiger partial charge in [-0.25, -0.2) is 0 Å². The highest BCUT2D eigenvalue weighted by Crippen LogP contribution is 2.26.